The smallest absolute Gasteiger partial charge is 0.330 e. The van der Waals surface area contributed by atoms with E-state index in [9.17, 15) is 4.79 Å². The summed E-state index contributed by atoms with van der Waals surface area (Å²) in [7, 11) is 0. The summed E-state index contributed by atoms with van der Waals surface area (Å²) < 4.78 is 0. The van der Waals surface area contributed by atoms with Gasteiger partial charge >= 0.3 is 5.97 Å². The molecule has 0 aromatic heterocycles. The average Bonchev–Trinajstić information content (AvgIpc) is 2.27. The van der Waals surface area contributed by atoms with E-state index in [2.05, 4.69) is 13.0 Å². The maximum Gasteiger partial charge on any atom is 0.330 e. The maximum atomic E-state index is 10.6. The van der Waals surface area contributed by atoms with Crippen molar-refractivity contribution in [1.29, 1.82) is 5.26 Å². The van der Waals surface area contributed by atoms with Crippen LogP contribution in [0.3, 0.4) is 0 Å². The highest BCUT2D eigenvalue weighted by molar-refractivity contribution is 5.85. The molecule has 0 aliphatic carbocycles. The lowest BCUT2D eigenvalue weighted by molar-refractivity contribution is -0.132. The van der Waals surface area contributed by atoms with Crippen molar-refractivity contribution >= 4 is 5.97 Å². The molecule has 0 aliphatic rings. The lowest BCUT2D eigenvalue weighted by Crippen LogP contribution is -2.00. The molecule has 0 saturated carbocycles. The molecule has 16 heavy (non-hydrogen) atoms. The number of rotatable bonds is 8. The number of nitriles is 1. The summed E-state index contributed by atoms with van der Waals surface area (Å²) in [4.78, 5) is 10.6. The normalized spacial score (nSPS) is 13.2. The zero-order valence-corrected chi connectivity index (χ0v) is 10.2. The quantitative estimate of drug-likeness (QED) is 0.506. The minimum Gasteiger partial charge on any atom is -0.478 e. The monoisotopic (exact) mass is 223 g/mol. The molecule has 0 fully saturated rings. The first-order valence-corrected chi connectivity index (χ1v) is 5.88. The molecule has 0 heterocycles. The Balaban J connectivity index is 3.88. The second kappa shape index (κ2) is 8.96. The van der Waals surface area contributed by atoms with Crippen LogP contribution in [0.15, 0.2) is 11.6 Å². The van der Waals surface area contributed by atoms with Gasteiger partial charge in [-0.05, 0) is 25.7 Å². The number of hydrogen-bond donors (Lipinski definition) is 1. The van der Waals surface area contributed by atoms with Crippen LogP contribution < -0.4 is 0 Å². The van der Waals surface area contributed by atoms with Crippen molar-refractivity contribution in [2.75, 3.05) is 0 Å². The van der Waals surface area contributed by atoms with Crippen molar-refractivity contribution in [3.8, 4) is 6.07 Å². The number of carboxylic acid groups (broad SMARTS) is 1. The Morgan fingerprint density at radius 1 is 1.50 bits per heavy atom. The Bertz CT molecular complexity index is 276. The van der Waals surface area contributed by atoms with Gasteiger partial charge in [0.05, 0.1) is 6.07 Å². The Labute approximate surface area is 97.8 Å². The Kier molecular flexibility index (Phi) is 8.24. The van der Waals surface area contributed by atoms with Crippen molar-refractivity contribution < 1.29 is 9.90 Å². The number of hydrogen-bond acceptors (Lipinski definition) is 2. The number of unbranched alkanes of at least 4 members (excludes halogenated alkanes) is 2. The van der Waals surface area contributed by atoms with Crippen LogP contribution in [0, 0.1) is 17.2 Å². The Morgan fingerprint density at radius 3 is 2.69 bits per heavy atom. The molecule has 0 bridgehead atoms. The van der Waals surface area contributed by atoms with Gasteiger partial charge in [0, 0.05) is 12.0 Å². The highest BCUT2D eigenvalue weighted by Gasteiger charge is 2.06. The molecule has 3 heteroatoms. The van der Waals surface area contributed by atoms with Crippen molar-refractivity contribution in [1.82, 2.24) is 0 Å². The fraction of sp³-hybridized carbons (Fsp3) is 0.692. The van der Waals surface area contributed by atoms with Gasteiger partial charge in [0.25, 0.3) is 0 Å². The van der Waals surface area contributed by atoms with E-state index in [1.807, 2.05) is 0 Å². The molecule has 0 radical (unpaired) electrons. The standard InChI is InChI=1S/C13H21NO2/c1-3-12(7-5-4-6-10-14)9-8-11(2)13(15)16/h8,12H,3-7,9H2,1-2H3,(H,15,16). The van der Waals surface area contributed by atoms with Crippen molar-refractivity contribution in [2.24, 2.45) is 5.92 Å². The van der Waals surface area contributed by atoms with E-state index in [-0.39, 0.29) is 0 Å². The fourth-order valence-electron chi connectivity index (χ4n) is 1.56. The second-order valence-electron chi connectivity index (χ2n) is 4.11. The molecule has 0 aliphatic heterocycles. The predicted molar refractivity (Wildman–Crippen MR) is 63.9 cm³/mol. The zero-order chi connectivity index (χ0) is 12.4. The van der Waals surface area contributed by atoms with Gasteiger partial charge in [-0.2, -0.15) is 5.26 Å². The number of carboxylic acids is 1. The number of allylic oxidation sites excluding steroid dienone is 1. The third-order valence-corrected chi connectivity index (χ3v) is 2.82. The maximum absolute atomic E-state index is 10.6. The van der Waals surface area contributed by atoms with Crippen LogP contribution in [0.5, 0.6) is 0 Å². The summed E-state index contributed by atoms with van der Waals surface area (Å²) in [5, 5.41) is 17.1. The van der Waals surface area contributed by atoms with E-state index < -0.39 is 5.97 Å². The van der Waals surface area contributed by atoms with Gasteiger partial charge in [-0.3, -0.25) is 0 Å². The topological polar surface area (TPSA) is 61.1 Å². The van der Waals surface area contributed by atoms with Crippen LogP contribution in [0.4, 0.5) is 0 Å². The summed E-state index contributed by atoms with van der Waals surface area (Å²) in [5.74, 6) is -0.285. The summed E-state index contributed by atoms with van der Waals surface area (Å²) in [6.45, 7) is 3.75. The Morgan fingerprint density at radius 2 is 2.19 bits per heavy atom. The molecule has 0 spiro atoms. The number of nitrogens with zero attached hydrogens (tertiary/aromatic N) is 1. The molecule has 1 atom stereocenters. The SMILES string of the molecule is CCC(CC=C(C)C(=O)O)CCCCC#N. The van der Waals surface area contributed by atoms with E-state index in [0.717, 1.165) is 32.1 Å². The highest BCUT2D eigenvalue weighted by Crippen LogP contribution is 2.18. The van der Waals surface area contributed by atoms with Crippen LogP contribution in [-0.4, -0.2) is 11.1 Å². The minimum absolute atomic E-state index is 0.426. The summed E-state index contributed by atoms with van der Waals surface area (Å²) in [5.41, 5.74) is 0.426. The molecule has 90 valence electrons. The molecule has 1 N–H and O–H groups in total. The molecular formula is C13H21NO2. The fourth-order valence-corrected chi connectivity index (χ4v) is 1.56. The summed E-state index contributed by atoms with van der Waals surface area (Å²) in [6.07, 6.45) is 7.43. The molecule has 0 rings (SSSR count). The second-order valence-corrected chi connectivity index (χ2v) is 4.11. The minimum atomic E-state index is -0.834. The highest BCUT2D eigenvalue weighted by atomic mass is 16.4. The number of carbonyl (C=O) groups is 1. The first kappa shape index (κ1) is 14.7. The van der Waals surface area contributed by atoms with Gasteiger partial charge in [-0.1, -0.05) is 32.3 Å². The lowest BCUT2D eigenvalue weighted by atomic mass is 9.94. The van der Waals surface area contributed by atoms with Crippen LogP contribution >= 0.6 is 0 Å². The summed E-state index contributed by atoms with van der Waals surface area (Å²) in [6, 6.07) is 2.13. The number of aliphatic carboxylic acids is 1. The van der Waals surface area contributed by atoms with Crippen molar-refractivity contribution in [3.05, 3.63) is 11.6 Å². The van der Waals surface area contributed by atoms with Gasteiger partial charge in [-0.25, -0.2) is 4.79 Å². The first-order valence-electron chi connectivity index (χ1n) is 5.88. The third kappa shape index (κ3) is 7.05. The zero-order valence-electron chi connectivity index (χ0n) is 10.2. The van der Waals surface area contributed by atoms with Crippen molar-refractivity contribution in [3.63, 3.8) is 0 Å². The van der Waals surface area contributed by atoms with Crippen molar-refractivity contribution in [2.45, 2.75) is 52.4 Å². The Hall–Kier alpha value is -1.30. The molecule has 1 unspecified atom stereocenters. The first-order chi connectivity index (χ1) is 7.61. The lowest BCUT2D eigenvalue weighted by Gasteiger charge is -2.11. The van der Waals surface area contributed by atoms with Crippen LogP contribution in [-0.2, 0) is 4.79 Å². The average molecular weight is 223 g/mol. The van der Waals surface area contributed by atoms with Gasteiger partial charge in [-0.15, -0.1) is 0 Å². The predicted octanol–water partition coefficient (Wildman–Crippen LogP) is 3.52. The van der Waals surface area contributed by atoms with E-state index >= 15 is 0 Å². The molecule has 0 aromatic rings. The molecule has 3 nitrogen and oxygen atoms in total. The van der Waals surface area contributed by atoms with Crippen LogP contribution in [0.25, 0.3) is 0 Å². The van der Waals surface area contributed by atoms with Gasteiger partial charge in [0.2, 0.25) is 0 Å². The van der Waals surface area contributed by atoms with Gasteiger partial charge < -0.3 is 5.11 Å². The van der Waals surface area contributed by atoms with Gasteiger partial charge in [0.15, 0.2) is 0 Å². The summed E-state index contributed by atoms with van der Waals surface area (Å²) >= 11 is 0. The van der Waals surface area contributed by atoms with Crippen LogP contribution in [0.1, 0.15) is 52.4 Å². The largest absolute Gasteiger partial charge is 0.478 e. The van der Waals surface area contributed by atoms with E-state index in [1.54, 1.807) is 13.0 Å². The van der Waals surface area contributed by atoms with E-state index in [0.29, 0.717) is 17.9 Å². The molecular weight excluding hydrogens is 202 g/mol. The third-order valence-electron chi connectivity index (χ3n) is 2.82. The molecule has 0 amide bonds. The molecule has 0 saturated heterocycles. The van der Waals surface area contributed by atoms with E-state index in [4.69, 9.17) is 10.4 Å². The van der Waals surface area contributed by atoms with Crippen LogP contribution in [0.2, 0.25) is 0 Å². The van der Waals surface area contributed by atoms with E-state index in [1.165, 1.54) is 0 Å². The van der Waals surface area contributed by atoms with Gasteiger partial charge in [0.1, 0.15) is 0 Å². The molecule has 0 aromatic carbocycles.